The van der Waals surface area contributed by atoms with Crippen LogP contribution in [-0.4, -0.2) is 94.4 Å². The molecular formula is C28H36ClIN4O7. The van der Waals surface area contributed by atoms with Crippen LogP contribution in [0.1, 0.15) is 6.92 Å². The van der Waals surface area contributed by atoms with Crippen LogP contribution < -0.4 is 15.4 Å². The number of aromatic nitrogens is 2. The van der Waals surface area contributed by atoms with Crippen LogP contribution in [-0.2, 0) is 28.5 Å². The van der Waals surface area contributed by atoms with Gasteiger partial charge in [-0.1, -0.05) is 6.07 Å². The van der Waals surface area contributed by atoms with E-state index in [0.717, 1.165) is 14.6 Å². The summed E-state index contributed by atoms with van der Waals surface area (Å²) in [5.41, 5.74) is 2.00. The quantitative estimate of drug-likeness (QED) is 0.0923. The summed E-state index contributed by atoms with van der Waals surface area (Å²) in [4.78, 5) is 20.9. The molecule has 0 aliphatic rings. The van der Waals surface area contributed by atoms with E-state index in [1.54, 1.807) is 12.1 Å². The molecule has 0 bridgehead atoms. The van der Waals surface area contributed by atoms with E-state index in [4.69, 9.17) is 40.0 Å². The lowest BCUT2D eigenvalue weighted by atomic mass is 10.2. The lowest BCUT2D eigenvalue weighted by Crippen LogP contribution is -2.16. The number of ether oxygens (including phenoxy) is 6. The zero-order valence-corrected chi connectivity index (χ0v) is 25.9. The number of nitrogens with one attached hydrogen (secondary N) is 2. The molecule has 0 atom stereocenters. The Morgan fingerprint density at radius 2 is 1.49 bits per heavy atom. The Morgan fingerprint density at radius 1 is 0.854 bits per heavy atom. The fraction of sp³-hybridized carbons (Fsp3) is 0.464. The number of rotatable bonds is 21. The van der Waals surface area contributed by atoms with Gasteiger partial charge in [0.05, 0.1) is 70.7 Å². The monoisotopic (exact) mass is 702 g/mol. The highest BCUT2D eigenvalue weighted by Crippen LogP contribution is 2.33. The van der Waals surface area contributed by atoms with E-state index in [-0.39, 0.29) is 18.4 Å². The third kappa shape index (κ3) is 12.6. The summed E-state index contributed by atoms with van der Waals surface area (Å²) in [6.07, 6.45) is 1.48. The molecule has 2 N–H and O–H groups in total. The van der Waals surface area contributed by atoms with Gasteiger partial charge in [-0.25, -0.2) is 9.97 Å². The molecule has 13 heteroatoms. The number of amides is 1. The second kappa shape index (κ2) is 19.7. The Morgan fingerprint density at radius 3 is 2.10 bits per heavy atom. The summed E-state index contributed by atoms with van der Waals surface area (Å²) in [5, 5.41) is 6.83. The number of anilines is 3. The number of nitrogens with zero attached hydrogens (tertiary/aromatic N) is 2. The first-order valence-corrected chi connectivity index (χ1v) is 14.9. The van der Waals surface area contributed by atoms with Crippen molar-refractivity contribution >= 4 is 68.2 Å². The van der Waals surface area contributed by atoms with Gasteiger partial charge in [0.15, 0.2) is 0 Å². The molecular weight excluding hydrogens is 667 g/mol. The standard InChI is InChI=1S/C28H36ClIN4O7/c1-2-36-6-7-37-8-9-38-10-11-39-12-13-40-14-15-41-26-18-24-23(17-25(26)34-27(35)19-29)28(32-20-31-24)33-22-5-3-4-21(30)16-22/h3-5,16-18,20H,2,6-15,19H2,1H3,(H,34,35)(H,31,32,33). The maximum absolute atomic E-state index is 12.1. The summed E-state index contributed by atoms with van der Waals surface area (Å²) in [5.74, 6) is 0.511. The number of carbonyl (C=O) groups excluding carboxylic acids is 1. The van der Waals surface area contributed by atoms with Crippen molar-refractivity contribution in [2.45, 2.75) is 6.92 Å². The van der Waals surface area contributed by atoms with Gasteiger partial charge in [-0.3, -0.25) is 4.79 Å². The first kappa shape index (κ1) is 33.2. The predicted octanol–water partition coefficient (Wildman–Crippen LogP) is 4.64. The first-order valence-electron chi connectivity index (χ1n) is 13.3. The predicted molar refractivity (Wildman–Crippen MR) is 167 cm³/mol. The molecule has 11 nitrogen and oxygen atoms in total. The van der Waals surface area contributed by atoms with Crippen molar-refractivity contribution in [1.29, 1.82) is 0 Å². The molecule has 224 valence electrons. The van der Waals surface area contributed by atoms with E-state index in [1.165, 1.54) is 6.33 Å². The van der Waals surface area contributed by atoms with Crippen molar-refractivity contribution in [3.05, 3.63) is 46.3 Å². The average molecular weight is 703 g/mol. The fourth-order valence-electron chi connectivity index (χ4n) is 3.52. The first-order chi connectivity index (χ1) is 20.1. The highest BCUT2D eigenvalue weighted by molar-refractivity contribution is 14.1. The second-order valence-electron chi connectivity index (χ2n) is 8.40. The van der Waals surface area contributed by atoms with E-state index >= 15 is 0 Å². The fourth-order valence-corrected chi connectivity index (χ4v) is 4.13. The van der Waals surface area contributed by atoms with Crippen molar-refractivity contribution in [2.75, 3.05) is 89.2 Å². The molecule has 3 rings (SSSR count). The Bertz CT molecular complexity index is 1210. The SMILES string of the molecule is CCOCCOCCOCCOCCOCCOc1cc2ncnc(Nc3cccc(I)c3)c2cc1NC(=O)CCl. The molecule has 0 fully saturated rings. The number of hydrogen-bond acceptors (Lipinski definition) is 10. The molecule has 0 aliphatic carbocycles. The molecule has 0 saturated carbocycles. The highest BCUT2D eigenvalue weighted by atomic mass is 127. The van der Waals surface area contributed by atoms with Gasteiger partial charge in [0.1, 0.15) is 30.4 Å². The zero-order chi connectivity index (χ0) is 29.1. The number of hydrogen-bond donors (Lipinski definition) is 2. The van der Waals surface area contributed by atoms with Crippen molar-refractivity contribution in [1.82, 2.24) is 9.97 Å². The minimum atomic E-state index is -0.355. The summed E-state index contributed by atoms with van der Waals surface area (Å²) in [6.45, 7) is 7.27. The molecule has 2 aromatic carbocycles. The molecule has 0 aliphatic heterocycles. The number of fused-ring (bicyclic) bond motifs is 1. The largest absolute Gasteiger partial charge is 0.489 e. The summed E-state index contributed by atoms with van der Waals surface area (Å²) in [6, 6.07) is 11.4. The van der Waals surface area contributed by atoms with Gasteiger partial charge in [0.25, 0.3) is 0 Å². The van der Waals surface area contributed by atoms with Gasteiger partial charge in [-0.15, -0.1) is 11.6 Å². The van der Waals surface area contributed by atoms with Crippen LogP contribution >= 0.6 is 34.2 Å². The minimum absolute atomic E-state index is 0.188. The van der Waals surface area contributed by atoms with E-state index in [1.807, 2.05) is 31.2 Å². The van der Waals surface area contributed by atoms with Gasteiger partial charge in [-0.2, -0.15) is 0 Å². The Balaban J connectivity index is 1.42. The second-order valence-corrected chi connectivity index (χ2v) is 9.91. The molecule has 1 heterocycles. The van der Waals surface area contributed by atoms with Crippen LogP contribution in [0.5, 0.6) is 5.75 Å². The van der Waals surface area contributed by atoms with Gasteiger partial charge in [0.2, 0.25) is 5.91 Å². The number of halogens is 2. The summed E-state index contributed by atoms with van der Waals surface area (Å²) >= 11 is 7.99. The van der Waals surface area contributed by atoms with Crippen LogP contribution in [0.15, 0.2) is 42.7 Å². The zero-order valence-electron chi connectivity index (χ0n) is 23.0. The van der Waals surface area contributed by atoms with Crippen molar-refractivity contribution < 1.29 is 33.2 Å². The smallest absolute Gasteiger partial charge is 0.239 e. The maximum atomic E-state index is 12.1. The average Bonchev–Trinajstić information content (AvgIpc) is 2.97. The van der Waals surface area contributed by atoms with Crippen molar-refractivity contribution in [3.8, 4) is 5.75 Å². The lowest BCUT2D eigenvalue weighted by Gasteiger charge is -2.15. The molecule has 0 saturated heterocycles. The van der Waals surface area contributed by atoms with Crippen molar-refractivity contribution in [3.63, 3.8) is 0 Å². The molecule has 1 aromatic heterocycles. The van der Waals surface area contributed by atoms with Crippen molar-refractivity contribution in [2.24, 2.45) is 0 Å². The Labute approximate surface area is 258 Å². The van der Waals surface area contributed by atoms with Gasteiger partial charge < -0.3 is 39.1 Å². The molecule has 0 radical (unpaired) electrons. The van der Waals surface area contributed by atoms with E-state index in [2.05, 4.69) is 43.2 Å². The summed E-state index contributed by atoms with van der Waals surface area (Å²) in [7, 11) is 0. The van der Waals surface area contributed by atoms with Crippen LogP contribution in [0.3, 0.4) is 0 Å². The number of carbonyl (C=O) groups is 1. The third-order valence-electron chi connectivity index (χ3n) is 5.40. The van der Waals surface area contributed by atoms with E-state index in [0.29, 0.717) is 88.8 Å². The minimum Gasteiger partial charge on any atom is -0.489 e. The normalized spacial score (nSPS) is 11.1. The van der Waals surface area contributed by atoms with E-state index < -0.39 is 0 Å². The summed E-state index contributed by atoms with van der Waals surface area (Å²) < 4.78 is 34.2. The van der Waals surface area contributed by atoms with Crippen LogP contribution in [0.2, 0.25) is 0 Å². The third-order valence-corrected chi connectivity index (χ3v) is 6.31. The van der Waals surface area contributed by atoms with Gasteiger partial charge in [-0.05, 0) is 53.8 Å². The van der Waals surface area contributed by atoms with Crippen LogP contribution in [0.4, 0.5) is 17.2 Å². The maximum Gasteiger partial charge on any atom is 0.239 e. The number of alkyl halides is 1. The Hall–Kier alpha value is -2.33. The highest BCUT2D eigenvalue weighted by Gasteiger charge is 2.14. The van der Waals surface area contributed by atoms with Crippen LogP contribution in [0, 0.1) is 3.57 Å². The van der Waals surface area contributed by atoms with Crippen LogP contribution in [0.25, 0.3) is 10.9 Å². The topological polar surface area (TPSA) is 122 Å². The van der Waals surface area contributed by atoms with Gasteiger partial charge in [0, 0.05) is 27.3 Å². The lowest BCUT2D eigenvalue weighted by molar-refractivity contribution is -0.113. The molecule has 3 aromatic rings. The van der Waals surface area contributed by atoms with E-state index in [9.17, 15) is 4.79 Å². The Kier molecular flexibility index (Phi) is 16.0. The number of benzene rings is 2. The van der Waals surface area contributed by atoms with Gasteiger partial charge >= 0.3 is 0 Å². The molecule has 0 unspecified atom stereocenters. The molecule has 1 amide bonds. The molecule has 0 spiro atoms. The molecule has 41 heavy (non-hydrogen) atoms.